The van der Waals surface area contributed by atoms with Gasteiger partial charge < -0.3 is 9.84 Å². The van der Waals surface area contributed by atoms with E-state index in [-0.39, 0.29) is 6.42 Å². The molecule has 2 unspecified atom stereocenters. The molecule has 150 valence electrons. The summed E-state index contributed by atoms with van der Waals surface area (Å²) in [6, 6.07) is 2.35. The topological polar surface area (TPSA) is 60.2 Å². The Morgan fingerprint density at radius 3 is 2.48 bits per heavy atom. The molecule has 2 rings (SSSR count). The Labute approximate surface area is 150 Å². The van der Waals surface area contributed by atoms with Crippen LogP contribution in [0.3, 0.4) is 0 Å². The highest BCUT2D eigenvalue weighted by atomic mass is 19.3. The summed E-state index contributed by atoms with van der Waals surface area (Å²) in [7, 11) is 0. The molecule has 1 heterocycles. The van der Waals surface area contributed by atoms with E-state index < -0.39 is 54.4 Å². The van der Waals surface area contributed by atoms with Crippen molar-refractivity contribution >= 4 is 0 Å². The first-order valence-corrected chi connectivity index (χ1v) is 7.90. The second kappa shape index (κ2) is 8.26. The molecule has 0 amide bonds. The third-order valence-electron chi connectivity index (χ3n) is 4.17. The number of halogens is 6. The summed E-state index contributed by atoms with van der Waals surface area (Å²) in [5.41, 5.74) is -2.62. The molecule has 0 radical (unpaired) electrons. The minimum Gasteiger partial charge on any atom is -0.383 e. The Bertz CT molecular complexity index is 744. The van der Waals surface area contributed by atoms with Crippen LogP contribution in [0.25, 0.3) is 0 Å². The van der Waals surface area contributed by atoms with Crippen molar-refractivity contribution in [3.8, 4) is 0 Å². The van der Waals surface area contributed by atoms with E-state index in [2.05, 4.69) is 14.8 Å². The van der Waals surface area contributed by atoms with E-state index in [1.165, 1.54) is 13.3 Å². The molecule has 0 aliphatic heterocycles. The van der Waals surface area contributed by atoms with E-state index in [1.54, 1.807) is 0 Å². The predicted molar refractivity (Wildman–Crippen MR) is 81.0 cm³/mol. The summed E-state index contributed by atoms with van der Waals surface area (Å²) in [6.45, 7) is 0.0236. The highest BCUT2D eigenvalue weighted by Gasteiger charge is 2.46. The average Bonchev–Trinajstić information content (AvgIpc) is 3.07. The van der Waals surface area contributed by atoms with E-state index in [0.29, 0.717) is 6.07 Å². The standard InChI is InChI=1S/C16H17F6N3O2/c1-2-10(6-27-16(21,22)14(19)20)15(26,7-25-9-23-8-24-25)12-4-3-11(17)5-13(12)18/h3-5,8-10,14,26H,2,6-7H2,1H3. The zero-order valence-corrected chi connectivity index (χ0v) is 14.1. The largest absolute Gasteiger partial charge is 0.416 e. The van der Waals surface area contributed by atoms with E-state index >= 15 is 0 Å². The van der Waals surface area contributed by atoms with E-state index in [0.717, 1.165) is 23.1 Å². The summed E-state index contributed by atoms with van der Waals surface area (Å²) in [6.07, 6.45) is -6.53. The number of rotatable bonds is 9. The van der Waals surface area contributed by atoms with Crippen LogP contribution in [0.5, 0.6) is 0 Å². The van der Waals surface area contributed by atoms with Crippen LogP contribution in [0.4, 0.5) is 26.3 Å². The highest BCUT2D eigenvalue weighted by molar-refractivity contribution is 5.26. The number of benzene rings is 1. The van der Waals surface area contributed by atoms with Gasteiger partial charge in [-0.15, -0.1) is 0 Å². The molecule has 11 heteroatoms. The first-order valence-electron chi connectivity index (χ1n) is 7.90. The normalized spacial score (nSPS) is 15.7. The van der Waals surface area contributed by atoms with Crippen molar-refractivity contribution in [3.05, 3.63) is 48.1 Å². The van der Waals surface area contributed by atoms with Crippen LogP contribution in [-0.2, 0) is 16.9 Å². The quantitative estimate of drug-likeness (QED) is 0.660. The number of hydrogen-bond acceptors (Lipinski definition) is 4. The molecule has 0 spiro atoms. The summed E-state index contributed by atoms with van der Waals surface area (Å²) in [5.74, 6) is -3.28. The van der Waals surface area contributed by atoms with Crippen LogP contribution in [0.2, 0.25) is 0 Å². The Morgan fingerprint density at radius 2 is 1.96 bits per heavy atom. The molecule has 0 aliphatic carbocycles. The molecule has 0 aliphatic rings. The smallest absolute Gasteiger partial charge is 0.383 e. The highest BCUT2D eigenvalue weighted by Crippen LogP contribution is 2.37. The fraction of sp³-hybridized carbons (Fsp3) is 0.500. The van der Waals surface area contributed by atoms with Crippen molar-refractivity contribution < 1.29 is 36.2 Å². The molecule has 5 nitrogen and oxygen atoms in total. The molecule has 0 saturated carbocycles. The number of nitrogens with zero attached hydrogens (tertiary/aromatic N) is 3. The van der Waals surface area contributed by atoms with Gasteiger partial charge in [-0.25, -0.2) is 27.2 Å². The fourth-order valence-electron chi connectivity index (χ4n) is 2.70. The second-order valence-electron chi connectivity index (χ2n) is 5.92. The van der Waals surface area contributed by atoms with Crippen LogP contribution in [0.15, 0.2) is 30.9 Å². The van der Waals surface area contributed by atoms with Gasteiger partial charge in [0.2, 0.25) is 0 Å². The minimum atomic E-state index is -4.73. The van der Waals surface area contributed by atoms with E-state index in [9.17, 15) is 31.4 Å². The fourth-order valence-corrected chi connectivity index (χ4v) is 2.70. The molecular weight excluding hydrogens is 380 g/mol. The lowest BCUT2D eigenvalue weighted by molar-refractivity contribution is -0.309. The Kier molecular flexibility index (Phi) is 6.47. The van der Waals surface area contributed by atoms with Gasteiger partial charge in [-0.1, -0.05) is 13.0 Å². The lowest BCUT2D eigenvalue weighted by Crippen LogP contribution is -2.44. The van der Waals surface area contributed by atoms with Gasteiger partial charge in [-0.2, -0.15) is 13.9 Å². The van der Waals surface area contributed by atoms with Gasteiger partial charge in [0.1, 0.15) is 29.9 Å². The van der Waals surface area contributed by atoms with Gasteiger partial charge in [-0.05, 0) is 12.5 Å². The SMILES string of the molecule is CCC(COC(F)(F)C(F)F)C(O)(Cn1cncn1)c1ccc(F)cc1F. The van der Waals surface area contributed by atoms with Crippen molar-refractivity contribution in [3.63, 3.8) is 0 Å². The van der Waals surface area contributed by atoms with Gasteiger partial charge >= 0.3 is 12.5 Å². The summed E-state index contributed by atoms with van der Waals surface area (Å²) in [4.78, 5) is 3.67. The van der Waals surface area contributed by atoms with Crippen molar-refractivity contribution in [1.82, 2.24) is 14.8 Å². The molecular formula is C16H17F6N3O2. The molecule has 0 bridgehead atoms. The molecule has 0 fully saturated rings. The maximum absolute atomic E-state index is 14.3. The first-order chi connectivity index (χ1) is 12.6. The Hall–Kier alpha value is -2.14. The third kappa shape index (κ3) is 4.78. The third-order valence-corrected chi connectivity index (χ3v) is 4.17. The van der Waals surface area contributed by atoms with E-state index in [1.807, 2.05) is 0 Å². The molecule has 2 aromatic rings. The molecule has 1 N–H and O–H groups in total. The summed E-state index contributed by atoms with van der Waals surface area (Å²) < 4.78 is 83.6. The van der Waals surface area contributed by atoms with Crippen molar-refractivity contribution in [2.24, 2.45) is 5.92 Å². The number of alkyl halides is 4. The maximum Gasteiger partial charge on any atom is 0.416 e. The van der Waals surface area contributed by atoms with Gasteiger partial charge in [0, 0.05) is 17.5 Å². The zero-order valence-electron chi connectivity index (χ0n) is 14.1. The Balaban J connectivity index is 2.40. The average molecular weight is 397 g/mol. The number of hydrogen-bond donors (Lipinski definition) is 1. The van der Waals surface area contributed by atoms with Gasteiger partial charge in [0.25, 0.3) is 0 Å². The Morgan fingerprint density at radius 1 is 1.26 bits per heavy atom. The zero-order chi connectivity index (χ0) is 20.2. The number of aliphatic hydroxyl groups is 1. The monoisotopic (exact) mass is 397 g/mol. The first kappa shape index (κ1) is 21.2. The van der Waals surface area contributed by atoms with E-state index in [4.69, 9.17) is 0 Å². The van der Waals surface area contributed by atoms with Crippen LogP contribution >= 0.6 is 0 Å². The molecule has 0 saturated heterocycles. The molecule has 27 heavy (non-hydrogen) atoms. The maximum atomic E-state index is 14.3. The van der Waals surface area contributed by atoms with Crippen LogP contribution in [-0.4, -0.2) is 39.0 Å². The van der Waals surface area contributed by atoms with Crippen molar-refractivity contribution in [2.45, 2.75) is 38.0 Å². The van der Waals surface area contributed by atoms with Gasteiger partial charge in [-0.3, -0.25) is 0 Å². The van der Waals surface area contributed by atoms with Gasteiger partial charge in [0.05, 0.1) is 13.2 Å². The van der Waals surface area contributed by atoms with Crippen molar-refractivity contribution in [1.29, 1.82) is 0 Å². The molecule has 1 aromatic heterocycles. The minimum absolute atomic E-state index is 0.0403. The lowest BCUT2D eigenvalue weighted by Gasteiger charge is -2.36. The molecule has 1 aromatic carbocycles. The van der Waals surface area contributed by atoms with Crippen molar-refractivity contribution in [2.75, 3.05) is 6.61 Å². The van der Waals surface area contributed by atoms with Gasteiger partial charge in [0.15, 0.2) is 0 Å². The number of ether oxygens (including phenoxy) is 1. The molecule has 2 atom stereocenters. The lowest BCUT2D eigenvalue weighted by atomic mass is 9.79. The summed E-state index contributed by atoms with van der Waals surface area (Å²) >= 11 is 0. The number of aromatic nitrogens is 3. The predicted octanol–water partition coefficient (Wildman–Crippen LogP) is 3.34. The van der Waals surface area contributed by atoms with Crippen LogP contribution in [0, 0.1) is 17.6 Å². The van der Waals surface area contributed by atoms with Crippen LogP contribution in [0.1, 0.15) is 18.9 Å². The second-order valence-corrected chi connectivity index (χ2v) is 5.92. The van der Waals surface area contributed by atoms with Crippen LogP contribution < -0.4 is 0 Å². The summed E-state index contributed by atoms with van der Waals surface area (Å²) in [5, 5.41) is 14.9.